The SMILES string of the molecule is CC(C)(C)OC(=O)N[C@@H](CO)NC(=O)OCc1ccccc1. The third kappa shape index (κ3) is 7.49. The van der Waals surface area contributed by atoms with Crippen LogP contribution in [0.1, 0.15) is 26.3 Å². The first-order valence-electron chi connectivity index (χ1n) is 6.88. The van der Waals surface area contributed by atoms with E-state index in [1.165, 1.54) is 0 Å². The largest absolute Gasteiger partial charge is 0.445 e. The van der Waals surface area contributed by atoms with Crippen molar-refractivity contribution in [2.24, 2.45) is 0 Å². The zero-order chi connectivity index (χ0) is 16.6. The van der Waals surface area contributed by atoms with Crippen LogP contribution in [0.4, 0.5) is 9.59 Å². The highest BCUT2D eigenvalue weighted by Gasteiger charge is 2.20. The number of carbonyl (C=O) groups is 2. The molecule has 0 heterocycles. The second-order valence-electron chi connectivity index (χ2n) is 5.59. The first kappa shape index (κ1) is 17.8. The number of aliphatic hydroxyl groups is 1. The maximum Gasteiger partial charge on any atom is 0.409 e. The number of nitrogens with one attached hydrogen (secondary N) is 2. The van der Waals surface area contributed by atoms with Gasteiger partial charge in [0.1, 0.15) is 18.4 Å². The van der Waals surface area contributed by atoms with Crippen LogP contribution in [0.25, 0.3) is 0 Å². The Morgan fingerprint density at radius 2 is 1.73 bits per heavy atom. The molecule has 1 rings (SSSR count). The summed E-state index contributed by atoms with van der Waals surface area (Å²) in [6, 6.07) is 9.15. The van der Waals surface area contributed by atoms with E-state index in [0.29, 0.717) is 0 Å². The van der Waals surface area contributed by atoms with E-state index in [9.17, 15) is 9.59 Å². The van der Waals surface area contributed by atoms with Crippen molar-refractivity contribution in [1.82, 2.24) is 10.6 Å². The number of carbonyl (C=O) groups excluding carboxylic acids is 2. The third-order valence-electron chi connectivity index (χ3n) is 2.38. The molecule has 22 heavy (non-hydrogen) atoms. The van der Waals surface area contributed by atoms with E-state index in [0.717, 1.165) is 5.56 Å². The summed E-state index contributed by atoms with van der Waals surface area (Å²) in [4.78, 5) is 23.2. The fourth-order valence-corrected chi connectivity index (χ4v) is 1.48. The number of rotatable bonds is 5. The molecular formula is C15H22N2O5. The lowest BCUT2D eigenvalue weighted by atomic mass is 10.2. The van der Waals surface area contributed by atoms with Crippen molar-refractivity contribution in [3.8, 4) is 0 Å². The molecule has 7 heteroatoms. The Morgan fingerprint density at radius 1 is 1.14 bits per heavy atom. The van der Waals surface area contributed by atoms with Crippen LogP contribution in [0.5, 0.6) is 0 Å². The van der Waals surface area contributed by atoms with Gasteiger partial charge in [0.2, 0.25) is 0 Å². The fourth-order valence-electron chi connectivity index (χ4n) is 1.48. The maximum absolute atomic E-state index is 11.6. The second-order valence-corrected chi connectivity index (χ2v) is 5.59. The van der Waals surface area contributed by atoms with Crippen LogP contribution in [0, 0.1) is 0 Å². The van der Waals surface area contributed by atoms with Gasteiger partial charge in [0.05, 0.1) is 6.61 Å². The van der Waals surface area contributed by atoms with Gasteiger partial charge in [0.15, 0.2) is 0 Å². The van der Waals surface area contributed by atoms with E-state index in [1.54, 1.807) is 20.8 Å². The summed E-state index contributed by atoms with van der Waals surface area (Å²) in [5, 5.41) is 13.8. The van der Waals surface area contributed by atoms with Crippen molar-refractivity contribution < 1.29 is 24.2 Å². The topological polar surface area (TPSA) is 96.9 Å². The lowest BCUT2D eigenvalue weighted by molar-refractivity contribution is 0.0464. The number of aliphatic hydroxyl groups excluding tert-OH is 1. The first-order chi connectivity index (χ1) is 10.3. The normalized spacial score (nSPS) is 12.2. The molecule has 3 N–H and O–H groups in total. The minimum atomic E-state index is -0.988. The van der Waals surface area contributed by atoms with Crippen molar-refractivity contribution in [1.29, 1.82) is 0 Å². The summed E-state index contributed by atoms with van der Waals surface area (Å²) in [7, 11) is 0. The molecule has 0 aliphatic rings. The highest BCUT2D eigenvalue weighted by Crippen LogP contribution is 2.06. The molecule has 122 valence electrons. The average molecular weight is 310 g/mol. The standard InChI is InChI=1S/C15H22N2O5/c1-15(2,3)22-14(20)17-12(9-18)16-13(19)21-10-11-7-5-4-6-8-11/h4-8,12,18H,9-10H2,1-3H3,(H,16,19)(H,17,20)/t12-/m0/s1. The zero-order valence-electron chi connectivity index (χ0n) is 13.0. The molecule has 0 fully saturated rings. The zero-order valence-corrected chi connectivity index (χ0v) is 13.0. The Labute approximate surface area is 129 Å². The minimum absolute atomic E-state index is 0.0945. The Morgan fingerprint density at radius 3 is 2.27 bits per heavy atom. The van der Waals surface area contributed by atoms with Crippen molar-refractivity contribution in [2.75, 3.05) is 6.61 Å². The van der Waals surface area contributed by atoms with Crippen LogP contribution in [-0.2, 0) is 16.1 Å². The molecule has 0 saturated heterocycles. The molecule has 7 nitrogen and oxygen atoms in total. The molecule has 1 atom stereocenters. The Kier molecular flexibility index (Phi) is 6.65. The molecule has 1 aromatic carbocycles. The summed E-state index contributed by atoms with van der Waals surface area (Å²) < 4.78 is 10.0. The third-order valence-corrected chi connectivity index (χ3v) is 2.38. The van der Waals surface area contributed by atoms with E-state index in [2.05, 4.69) is 10.6 Å². The average Bonchev–Trinajstić information content (AvgIpc) is 2.43. The van der Waals surface area contributed by atoms with E-state index in [1.807, 2.05) is 30.3 Å². The number of benzene rings is 1. The molecule has 0 aliphatic carbocycles. The van der Waals surface area contributed by atoms with Crippen LogP contribution in [0.15, 0.2) is 30.3 Å². The van der Waals surface area contributed by atoms with Gasteiger partial charge in [-0.2, -0.15) is 0 Å². The molecule has 2 amide bonds. The van der Waals surface area contributed by atoms with Crippen LogP contribution >= 0.6 is 0 Å². The van der Waals surface area contributed by atoms with Gasteiger partial charge in [0.25, 0.3) is 0 Å². The van der Waals surface area contributed by atoms with Gasteiger partial charge in [-0.25, -0.2) is 9.59 Å². The number of hydrogen-bond donors (Lipinski definition) is 3. The Hall–Kier alpha value is -2.28. The molecule has 0 aliphatic heterocycles. The smallest absolute Gasteiger partial charge is 0.409 e. The van der Waals surface area contributed by atoms with Gasteiger partial charge in [-0.1, -0.05) is 30.3 Å². The van der Waals surface area contributed by atoms with Crippen LogP contribution < -0.4 is 10.6 Å². The summed E-state index contributed by atoms with van der Waals surface area (Å²) in [6.45, 7) is 4.74. The predicted molar refractivity (Wildman–Crippen MR) is 80.0 cm³/mol. The molecule has 0 saturated carbocycles. The van der Waals surface area contributed by atoms with E-state index in [4.69, 9.17) is 14.6 Å². The summed E-state index contributed by atoms with van der Waals surface area (Å²) in [5.74, 6) is 0. The van der Waals surface area contributed by atoms with E-state index >= 15 is 0 Å². The summed E-state index contributed by atoms with van der Waals surface area (Å²) in [5.41, 5.74) is 0.163. The minimum Gasteiger partial charge on any atom is -0.445 e. The summed E-state index contributed by atoms with van der Waals surface area (Å²) >= 11 is 0. The van der Waals surface area contributed by atoms with Gasteiger partial charge in [-0.15, -0.1) is 0 Å². The highest BCUT2D eigenvalue weighted by molar-refractivity contribution is 5.71. The molecule has 0 radical (unpaired) electrons. The molecule has 0 bridgehead atoms. The molecule has 0 aromatic heterocycles. The lowest BCUT2D eigenvalue weighted by Crippen LogP contribution is -2.51. The van der Waals surface area contributed by atoms with Crippen LogP contribution in [-0.4, -0.2) is 35.7 Å². The van der Waals surface area contributed by atoms with Gasteiger partial charge >= 0.3 is 12.2 Å². The molecule has 0 unspecified atom stereocenters. The number of amides is 2. The Balaban J connectivity index is 2.38. The monoisotopic (exact) mass is 310 g/mol. The highest BCUT2D eigenvalue weighted by atomic mass is 16.6. The number of ether oxygens (including phenoxy) is 2. The first-order valence-corrected chi connectivity index (χ1v) is 6.88. The van der Waals surface area contributed by atoms with Crippen molar-refractivity contribution in [3.05, 3.63) is 35.9 Å². The maximum atomic E-state index is 11.6. The summed E-state index contributed by atoms with van der Waals surface area (Å²) in [6.07, 6.45) is -2.48. The van der Waals surface area contributed by atoms with Crippen molar-refractivity contribution in [2.45, 2.75) is 39.1 Å². The number of alkyl carbamates (subject to hydrolysis) is 2. The predicted octanol–water partition coefficient (Wildman–Crippen LogP) is 1.76. The van der Waals surface area contributed by atoms with Crippen molar-refractivity contribution in [3.63, 3.8) is 0 Å². The van der Waals surface area contributed by atoms with Gasteiger partial charge in [-0.3, -0.25) is 10.6 Å². The molecule has 0 spiro atoms. The quantitative estimate of drug-likeness (QED) is 0.720. The van der Waals surface area contributed by atoms with Gasteiger partial charge < -0.3 is 14.6 Å². The number of hydrogen-bond acceptors (Lipinski definition) is 5. The van der Waals surface area contributed by atoms with Gasteiger partial charge in [-0.05, 0) is 26.3 Å². The van der Waals surface area contributed by atoms with Crippen molar-refractivity contribution >= 4 is 12.2 Å². The van der Waals surface area contributed by atoms with Gasteiger partial charge in [0, 0.05) is 0 Å². The van der Waals surface area contributed by atoms with E-state index in [-0.39, 0.29) is 6.61 Å². The lowest BCUT2D eigenvalue weighted by Gasteiger charge is -2.23. The molecule has 1 aromatic rings. The fraction of sp³-hybridized carbons (Fsp3) is 0.467. The van der Waals surface area contributed by atoms with E-state index < -0.39 is 30.6 Å². The second kappa shape index (κ2) is 8.23. The van der Waals surface area contributed by atoms with Crippen LogP contribution in [0.2, 0.25) is 0 Å². The Bertz CT molecular complexity index is 484. The van der Waals surface area contributed by atoms with Crippen LogP contribution in [0.3, 0.4) is 0 Å². The molecular weight excluding hydrogens is 288 g/mol.